The topological polar surface area (TPSA) is 104 Å². The molecule has 3 N–H and O–H groups in total. The third kappa shape index (κ3) is 8.03. The van der Waals surface area contributed by atoms with Crippen LogP contribution in [0.3, 0.4) is 0 Å². The first-order chi connectivity index (χ1) is 8.32. The summed E-state index contributed by atoms with van der Waals surface area (Å²) in [6.45, 7) is 5.72. The molecule has 0 bridgehead atoms. The number of hydrogen-bond acceptors (Lipinski definition) is 4. The van der Waals surface area contributed by atoms with Crippen molar-refractivity contribution >= 4 is 23.5 Å². The first-order valence-electron chi connectivity index (χ1n) is 5.29. The van der Waals surface area contributed by atoms with E-state index >= 15 is 0 Å². The lowest BCUT2D eigenvalue weighted by Crippen LogP contribution is -2.42. The lowest BCUT2D eigenvalue weighted by atomic mass is 10.3. The number of amides is 3. The summed E-state index contributed by atoms with van der Waals surface area (Å²) in [7, 11) is 0. The minimum atomic E-state index is -0.498. The molecule has 0 radical (unpaired) electrons. The van der Waals surface area contributed by atoms with E-state index < -0.39 is 17.7 Å². The van der Waals surface area contributed by atoms with Crippen LogP contribution in [0.1, 0.15) is 13.8 Å². The second-order valence-corrected chi connectivity index (χ2v) is 3.72. The Hall–Kier alpha value is -2.18. The van der Waals surface area contributed by atoms with E-state index in [1.165, 1.54) is 13.8 Å². The maximum Gasteiger partial charge on any atom is 0.246 e. The Morgan fingerprint density at radius 3 is 1.72 bits per heavy atom. The van der Waals surface area contributed by atoms with Gasteiger partial charge < -0.3 is 16.0 Å². The number of hydrogen-bond donors (Lipinski definition) is 3. The van der Waals surface area contributed by atoms with Crippen molar-refractivity contribution in [1.29, 1.82) is 0 Å². The Bertz CT molecular complexity index is 376. The van der Waals surface area contributed by atoms with Gasteiger partial charge in [0.25, 0.3) is 0 Å². The summed E-state index contributed by atoms with van der Waals surface area (Å²) in [4.78, 5) is 44.0. The zero-order valence-electron chi connectivity index (χ0n) is 10.5. The smallest absolute Gasteiger partial charge is 0.246 e. The second-order valence-electron chi connectivity index (χ2n) is 3.72. The minimum absolute atomic E-state index is 0.0684. The van der Waals surface area contributed by atoms with Crippen LogP contribution in [0.5, 0.6) is 0 Å². The molecule has 0 fully saturated rings. The number of Topliss-reactive ketones (excluding diaryl/α,β-unsaturated/α-hetero) is 1. The van der Waals surface area contributed by atoms with E-state index in [9.17, 15) is 19.2 Å². The highest BCUT2D eigenvalue weighted by molar-refractivity contribution is 5.95. The van der Waals surface area contributed by atoms with Crippen LogP contribution < -0.4 is 16.0 Å². The zero-order chi connectivity index (χ0) is 14.1. The van der Waals surface area contributed by atoms with Crippen molar-refractivity contribution in [3.63, 3.8) is 0 Å². The molecular formula is C11H17N3O4. The van der Waals surface area contributed by atoms with E-state index in [0.717, 1.165) is 0 Å². The van der Waals surface area contributed by atoms with Crippen molar-refractivity contribution in [2.75, 3.05) is 19.6 Å². The maximum absolute atomic E-state index is 11.2. The van der Waals surface area contributed by atoms with Crippen molar-refractivity contribution in [2.45, 2.75) is 13.8 Å². The van der Waals surface area contributed by atoms with Gasteiger partial charge in [-0.3, -0.25) is 19.2 Å². The van der Waals surface area contributed by atoms with Crippen LogP contribution in [0.2, 0.25) is 0 Å². The first-order valence-corrected chi connectivity index (χ1v) is 5.29. The van der Waals surface area contributed by atoms with Crippen molar-refractivity contribution < 1.29 is 19.2 Å². The van der Waals surface area contributed by atoms with E-state index in [4.69, 9.17) is 0 Å². The molecule has 0 aromatic rings. The Morgan fingerprint density at radius 1 is 0.833 bits per heavy atom. The van der Waals surface area contributed by atoms with Crippen LogP contribution >= 0.6 is 0 Å². The summed E-state index contributed by atoms with van der Waals surface area (Å²) in [5.74, 6) is -1.57. The fourth-order valence-electron chi connectivity index (χ4n) is 0.838. The van der Waals surface area contributed by atoms with Gasteiger partial charge in [-0.05, 0) is 13.8 Å². The van der Waals surface area contributed by atoms with E-state index in [1.54, 1.807) is 0 Å². The van der Waals surface area contributed by atoms with E-state index in [2.05, 4.69) is 22.5 Å². The first kappa shape index (κ1) is 15.8. The van der Waals surface area contributed by atoms with Crippen LogP contribution in [0.15, 0.2) is 12.2 Å². The third-order valence-electron chi connectivity index (χ3n) is 1.78. The second kappa shape index (κ2) is 7.99. The zero-order valence-corrected chi connectivity index (χ0v) is 10.5. The Labute approximate surface area is 105 Å². The molecule has 0 spiro atoms. The molecule has 0 rings (SSSR count). The molecule has 0 aromatic heterocycles. The molecule has 0 saturated carbocycles. The van der Waals surface area contributed by atoms with Crippen LogP contribution in [0.4, 0.5) is 0 Å². The fraction of sp³-hybridized carbons (Fsp3) is 0.455. The molecule has 0 saturated heterocycles. The molecule has 3 amide bonds. The summed E-state index contributed by atoms with van der Waals surface area (Å²) in [5, 5.41) is 6.93. The van der Waals surface area contributed by atoms with Crippen LogP contribution in [-0.2, 0) is 19.2 Å². The summed E-state index contributed by atoms with van der Waals surface area (Å²) in [6.07, 6.45) is 0. The largest absolute Gasteiger partial charge is 0.348 e. The van der Waals surface area contributed by atoms with Gasteiger partial charge in [-0.25, -0.2) is 0 Å². The number of carbonyl (C=O) groups is 4. The average Bonchev–Trinajstić information content (AvgIpc) is 2.30. The quantitative estimate of drug-likeness (QED) is 0.481. The van der Waals surface area contributed by atoms with Gasteiger partial charge in [-0.1, -0.05) is 6.58 Å². The minimum Gasteiger partial charge on any atom is -0.348 e. The Kier molecular flexibility index (Phi) is 7.02. The SMILES string of the molecule is C=C(C)C(=O)NCC(=O)NCC(=O)NCC(C)=O. The molecule has 18 heavy (non-hydrogen) atoms. The average molecular weight is 255 g/mol. The molecular weight excluding hydrogens is 238 g/mol. The molecule has 0 aliphatic rings. The molecule has 0 heterocycles. The third-order valence-corrected chi connectivity index (χ3v) is 1.78. The van der Waals surface area contributed by atoms with Crippen LogP contribution in [0.25, 0.3) is 0 Å². The summed E-state index contributed by atoms with van der Waals surface area (Å²) >= 11 is 0. The highest BCUT2D eigenvalue weighted by atomic mass is 16.2. The summed E-state index contributed by atoms with van der Waals surface area (Å²) in [5.41, 5.74) is 0.294. The molecule has 0 aliphatic heterocycles. The molecule has 100 valence electrons. The predicted octanol–water partition coefficient (Wildman–Crippen LogP) is -1.50. The molecule has 7 heteroatoms. The van der Waals surface area contributed by atoms with Gasteiger partial charge >= 0.3 is 0 Å². The van der Waals surface area contributed by atoms with Crippen molar-refractivity contribution in [1.82, 2.24) is 16.0 Å². The molecule has 7 nitrogen and oxygen atoms in total. The van der Waals surface area contributed by atoms with Gasteiger partial charge in [0.1, 0.15) is 5.78 Å². The van der Waals surface area contributed by atoms with Gasteiger partial charge in [0.2, 0.25) is 17.7 Å². The van der Waals surface area contributed by atoms with Crippen molar-refractivity contribution in [3.8, 4) is 0 Å². The number of rotatable bonds is 7. The van der Waals surface area contributed by atoms with Crippen molar-refractivity contribution in [3.05, 3.63) is 12.2 Å². The van der Waals surface area contributed by atoms with Crippen LogP contribution in [0, 0.1) is 0 Å². The Balaban J connectivity index is 3.77. The highest BCUT2D eigenvalue weighted by Crippen LogP contribution is 1.83. The van der Waals surface area contributed by atoms with Crippen LogP contribution in [-0.4, -0.2) is 43.1 Å². The van der Waals surface area contributed by atoms with Gasteiger partial charge in [0, 0.05) is 5.57 Å². The van der Waals surface area contributed by atoms with E-state index in [-0.39, 0.29) is 25.4 Å². The summed E-state index contributed by atoms with van der Waals surface area (Å²) in [6, 6.07) is 0. The standard InChI is InChI=1S/C11H17N3O4/c1-7(2)11(18)14-6-10(17)13-5-9(16)12-4-8(3)15/h1,4-6H2,2-3H3,(H,12,16)(H,13,17)(H,14,18). The van der Waals surface area contributed by atoms with Gasteiger partial charge in [0.15, 0.2) is 0 Å². The molecule has 0 aliphatic carbocycles. The van der Waals surface area contributed by atoms with Gasteiger partial charge in [-0.15, -0.1) is 0 Å². The Morgan fingerprint density at radius 2 is 1.28 bits per heavy atom. The normalized spacial score (nSPS) is 9.22. The van der Waals surface area contributed by atoms with Gasteiger partial charge in [0.05, 0.1) is 19.6 Å². The monoisotopic (exact) mass is 255 g/mol. The summed E-state index contributed by atoms with van der Waals surface area (Å²) < 4.78 is 0. The fourth-order valence-corrected chi connectivity index (χ4v) is 0.838. The van der Waals surface area contributed by atoms with E-state index in [1.807, 2.05) is 0 Å². The molecule has 0 atom stereocenters. The highest BCUT2D eigenvalue weighted by Gasteiger charge is 2.07. The molecule has 0 aromatic carbocycles. The number of ketones is 1. The van der Waals surface area contributed by atoms with Gasteiger partial charge in [-0.2, -0.15) is 0 Å². The number of nitrogens with one attached hydrogen (secondary N) is 3. The number of carbonyl (C=O) groups excluding carboxylic acids is 4. The van der Waals surface area contributed by atoms with Crippen molar-refractivity contribution in [2.24, 2.45) is 0 Å². The lowest BCUT2D eigenvalue weighted by molar-refractivity contribution is -0.127. The molecule has 0 unspecified atom stereocenters. The van der Waals surface area contributed by atoms with E-state index in [0.29, 0.717) is 5.57 Å². The maximum atomic E-state index is 11.2. The lowest BCUT2D eigenvalue weighted by Gasteiger charge is -2.06. The predicted molar refractivity (Wildman–Crippen MR) is 64.5 cm³/mol.